The third-order valence-corrected chi connectivity index (χ3v) is 10.2. The number of fused-ring (bicyclic) bond motifs is 2. The number of hydrogen-bond acceptors (Lipinski definition) is 0. The molecule has 0 aromatic heterocycles. The molecule has 0 fully saturated rings. The van der Waals surface area contributed by atoms with Gasteiger partial charge in [-0.25, -0.2) is 0 Å². The van der Waals surface area contributed by atoms with Crippen LogP contribution in [0.5, 0.6) is 0 Å². The first-order chi connectivity index (χ1) is 27.7. The van der Waals surface area contributed by atoms with Crippen LogP contribution in [-0.4, -0.2) is 9.52 Å². The maximum absolute atomic E-state index is 4.93. The van der Waals surface area contributed by atoms with Gasteiger partial charge in [0.2, 0.25) is 0 Å². The molecular formula is C54H56Cl2SiZr. The monoisotopic (exact) mass is 892 g/mol. The normalized spacial score (nSPS) is 11.1. The van der Waals surface area contributed by atoms with Gasteiger partial charge in [0, 0.05) is 9.52 Å². The molecule has 294 valence electrons. The Kier molecular flexibility index (Phi) is 16.0. The molecule has 0 aliphatic rings. The second kappa shape index (κ2) is 20.5. The summed E-state index contributed by atoms with van der Waals surface area (Å²) in [5.74, 6) is 0. The molecule has 0 spiro atoms. The Morgan fingerprint density at radius 2 is 0.741 bits per heavy atom. The molecule has 0 amide bonds. The molecule has 8 aromatic rings. The van der Waals surface area contributed by atoms with E-state index in [9.17, 15) is 0 Å². The topological polar surface area (TPSA) is 0 Å². The minimum absolute atomic E-state index is 0.0818. The molecule has 0 atom stereocenters. The molecule has 0 saturated heterocycles. The first-order valence-corrected chi connectivity index (χ1v) is 28.3. The second-order valence-electron chi connectivity index (χ2n) is 16.9. The fourth-order valence-corrected chi connectivity index (χ4v) is 7.83. The van der Waals surface area contributed by atoms with Gasteiger partial charge < -0.3 is 0 Å². The predicted octanol–water partition coefficient (Wildman–Crippen LogP) is 17.2. The second-order valence-corrected chi connectivity index (χ2v) is 21.7. The van der Waals surface area contributed by atoms with Crippen LogP contribution in [0.2, 0.25) is 13.1 Å². The van der Waals surface area contributed by atoms with Crippen molar-refractivity contribution < 1.29 is 20.8 Å². The summed E-state index contributed by atoms with van der Waals surface area (Å²) in [7, 11) is 11.0. The maximum atomic E-state index is 4.93. The van der Waals surface area contributed by atoms with Crippen LogP contribution in [0.25, 0.3) is 66.1 Å². The summed E-state index contributed by atoms with van der Waals surface area (Å²) < 4.78 is 0. The zero-order valence-electron chi connectivity index (χ0n) is 35.8. The van der Waals surface area contributed by atoms with E-state index in [1.807, 2.05) is 0 Å². The van der Waals surface area contributed by atoms with Crippen molar-refractivity contribution in [2.75, 3.05) is 0 Å². The fraction of sp³-hybridized carbons (Fsp3) is 0.222. The summed E-state index contributed by atoms with van der Waals surface area (Å²) in [4.78, 5) is 0. The van der Waals surface area contributed by atoms with Crippen LogP contribution in [0.3, 0.4) is 0 Å². The van der Waals surface area contributed by atoms with Crippen LogP contribution in [0, 0.1) is 13.8 Å². The van der Waals surface area contributed by atoms with Gasteiger partial charge in [-0.15, -0.1) is 69.1 Å². The van der Waals surface area contributed by atoms with Crippen LogP contribution >= 0.6 is 17.0 Å². The van der Waals surface area contributed by atoms with Gasteiger partial charge in [-0.2, -0.15) is 12.1 Å². The molecule has 2 radical (unpaired) electrons. The molecule has 0 aliphatic carbocycles. The average Bonchev–Trinajstić information content (AvgIpc) is 3.79. The molecule has 0 nitrogen and oxygen atoms in total. The van der Waals surface area contributed by atoms with Gasteiger partial charge in [-0.05, 0) is 44.2 Å². The van der Waals surface area contributed by atoms with E-state index >= 15 is 0 Å². The van der Waals surface area contributed by atoms with E-state index in [0.29, 0.717) is 0 Å². The molecule has 8 aromatic carbocycles. The molecule has 0 aliphatic heterocycles. The van der Waals surface area contributed by atoms with E-state index in [1.165, 1.54) is 88.3 Å². The van der Waals surface area contributed by atoms with Crippen LogP contribution in [-0.2, 0) is 31.7 Å². The van der Waals surface area contributed by atoms with Gasteiger partial charge in [-0.1, -0.05) is 200 Å². The molecule has 8 rings (SSSR count). The molecule has 0 saturated carbocycles. The Balaban J connectivity index is 0.000000195. The zero-order chi connectivity index (χ0) is 42.0. The van der Waals surface area contributed by atoms with Crippen LogP contribution < -0.4 is 0 Å². The van der Waals surface area contributed by atoms with Crippen molar-refractivity contribution in [2.45, 2.75) is 79.3 Å². The third-order valence-electron chi connectivity index (χ3n) is 10.2. The van der Waals surface area contributed by atoms with E-state index < -0.39 is 20.8 Å². The molecular weight excluding hydrogens is 839 g/mol. The first kappa shape index (κ1) is 45.3. The summed E-state index contributed by atoms with van der Waals surface area (Å²) in [6, 6.07) is 57.5. The van der Waals surface area contributed by atoms with E-state index in [1.54, 1.807) is 0 Å². The SMILES string of the molecule is C[Si]C.Cc1cc2c(-c3ccccc3-c3ccccc3)c(C(C)(C)C)ccc2[cH-]1.Cc1cc2c(-c3ccccc3-c3ccccc3)c(C(C)(C)C)ccc2[cH-]1.[Cl][Zr+2][Cl]. The Labute approximate surface area is 369 Å². The van der Waals surface area contributed by atoms with E-state index in [-0.39, 0.29) is 10.8 Å². The molecule has 0 bridgehead atoms. The van der Waals surface area contributed by atoms with Crippen molar-refractivity contribution in [3.05, 3.63) is 180 Å². The Morgan fingerprint density at radius 3 is 1.05 bits per heavy atom. The van der Waals surface area contributed by atoms with Crippen molar-refractivity contribution in [1.29, 1.82) is 0 Å². The molecule has 0 N–H and O–H groups in total. The van der Waals surface area contributed by atoms with Gasteiger partial charge in [0.1, 0.15) is 0 Å². The van der Waals surface area contributed by atoms with Crippen LogP contribution in [0.15, 0.2) is 158 Å². The number of halogens is 2. The standard InChI is InChI=1S/2C26H25.C2H6Si.2ClH.Zr/c2*1-18-16-20-14-15-24(26(2,3)4)25(23(20)17-18)22-13-9-8-12-21(22)19-10-6-5-7-11-19;1-3-2;;;/h2*5-17H,1-4H3;1-2H3;2*1H;/q2*-1;;;;+4/p-2. The average molecular weight is 895 g/mol. The summed E-state index contributed by atoms with van der Waals surface area (Å²) in [6.45, 7) is 22.5. The van der Waals surface area contributed by atoms with E-state index in [2.05, 4.69) is 226 Å². The zero-order valence-corrected chi connectivity index (χ0v) is 40.7. The van der Waals surface area contributed by atoms with Crippen molar-refractivity contribution in [1.82, 2.24) is 0 Å². The van der Waals surface area contributed by atoms with Gasteiger partial charge in [-0.3, -0.25) is 0 Å². The number of hydrogen-bond donors (Lipinski definition) is 0. The summed E-state index contributed by atoms with van der Waals surface area (Å²) >= 11 is -0.826. The number of benzene rings is 6. The van der Waals surface area contributed by atoms with Gasteiger partial charge in [0.25, 0.3) is 0 Å². The number of aryl methyl sites for hydroxylation is 2. The van der Waals surface area contributed by atoms with Gasteiger partial charge in [0.15, 0.2) is 0 Å². The molecule has 0 heterocycles. The van der Waals surface area contributed by atoms with Crippen LogP contribution in [0.1, 0.15) is 63.8 Å². The fourth-order valence-electron chi connectivity index (χ4n) is 7.83. The van der Waals surface area contributed by atoms with Crippen LogP contribution in [0.4, 0.5) is 0 Å². The van der Waals surface area contributed by atoms with Gasteiger partial charge >= 0.3 is 37.9 Å². The minimum atomic E-state index is -0.826. The first-order valence-electron chi connectivity index (χ1n) is 20.0. The van der Waals surface area contributed by atoms with Crippen molar-refractivity contribution in [2.24, 2.45) is 0 Å². The summed E-state index contributed by atoms with van der Waals surface area (Å²) in [5, 5.41) is 5.37. The molecule has 0 unspecified atom stereocenters. The van der Waals surface area contributed by atoms with Crippen molar-refractivity contribution in [3.63, 3.8) is 0 Å². The summed E-state index contributed by atoms with van der Waals surface area (Å²) in [5.41, 5.74) is 16.1. The van der Waals surface area contributed by atoms with Gasteiger partial charge in [0.05, 0.1) is 0 Å². The van der Waals surface area contributed by atoms with E-state index in [4.69, 9.17) is 17.0 Å². The summed E-state index contributed by atoms with van der Waals surface area (Å²) in [6.07, 6.45) is 0. The quantitative estimate of drug-likeness (QED) is 0.122. The predicted molar refractivity (Wildman–Crippen MR) is 257 cm³/mol. The Morgan fingerprint density at radius 1 is 0.448 bits per heavy atom. The Hall–Kier alpha value is -3.78. The van der Waals surface area contributed by atoms with Crippen molar-refractivity contribution in [3.8, 4) is 44.5 Å². The van der Waals surface area contributed by atoms with Crippen molar-refractivity contribution >= 4 is 48.1 Å². The Bertz CT molecular complexity index is 2350. The van der Waals surface area contributed by atoms with E-state index in [0.717, 1.165) is 9.52 Å². The number of rotatable bonds is 4. The molecule has 4 heteroatoms. The third kappa shape index (κ3) is 10.9. The molecule has 58 heavy (non-hydrogen) atoms.